The van der Waals surface area contributed by atoms with Crippen LogP contribution in [0, 0.1) is 0 Å². The summed E-state index contributed by atoms with van der Waals surface area (Å²) in [7, 11) is 1.53. The number of fused-ring (bicyclic) bond motifs is 4. The van der Waals surface area contributed by atoms with E-state index in [-0.39, 0.29) is 18.9 Å². The van der Waals surface area contributed by atoms with Crippen LogP contribution >= 0.6 is 12.2 Å². The van der Waals surface area contributed by atoms with E-state index < -0.39 is 17.4 Å². The van der Waals surface area contributed by atoms with E-state index in [0.717, 1.165) is 17.2 Å². The van der Waals surface area contributed by atoms with Crippen molar-refractivity contribution in [2.75, 3.05) is 13.7 Å². The van der Waals surface area contributed by atoms with Crippen LogP contribution < -0.4 is 9.47 Å². The molecule has 5 rings (SSSR count). The van der Waals surface area contributed by atoms with Gasteiger partial charge in [0.25, 0.3) is 0 Å². The molecule has 0 bridgehead atoms. The molecule has 5 nitrogen and oxygen atoms in total. The first-order valence-electron chi connectivity index (χ1n) is 9.55. The third-order valence-corrected chi connectivity index (χ3v) is 6.28. The lowest BCUT2D eigenvalue weighted by Gasteiger charge is -2.42. The quantitative estimate of drug-likeness (QED) is 0.543. The average molecular weight is 446 g/mol. The fourth-order valence-corrected chi connectivity index (χ4v) is 4.65. The topological polar surface area (TPSA) is 47.7 Å². The molecule has 1 unspecified atom stereocenters. The highest BCUT2D eigenvalue weighted by molar-refractivity contribution is 7.80. The van der Waals surface area contributed by atoms with Gasteiger partial charge in [-0.25, -0.2) is 4.98 Å². The van der Waals surface area contributed by atoms with Crippen LogP contribution in [0.15, 0.2) is 52.9 Å². The molecule has 3 aromatic rings. The number of thiocarbonyl (C=S) groups is 1. The Balaban J connectivity index is 1.59. The van der Waals surface area contributed by atoms with Crippen molar-refractivity contribution >= 4 is 17.2 Å². The molecule has 1 atom stereocenters. The molecule has 2 aliphatic rings. The third-order valence-electron chi connectivity index (χ3n) is 5.67. The molecule has 0 fully saturated rings. The number of halogens is 3. The van der Waals surface area contributed by atoms with Crippen LogP contribution in [0.1, 0.15) is 28.3 Å². The van der Waals surface area contributed by atoms with E-state index in [4.69, 9.17) is 26.1 Å². The van der Waals surface area contributed by atoms with Crippen molar-refractivity contribution in [3.63, 3.8) is 0 Å². The minimum Gasteiger partial charge on any atom is -0.490 e. The maximum absolute atomic E-state index is 13.0. The SMILES string of the molecule is COc1ccc2c(n1)C1(CO2)C(=S)N(Cc2ccc(C(F)(F)F)o2)Cc2ccccc21. The lowest BCUT2D eigenvalue weighted by atomic mass is 9.73. The van der Waals surface area contributed by atoms with E-state index >= 15 is 0 Å². The summed E-state index contributed by atoms with van der Waals surface area (Å²) >= 11 is 5.91. The first kappa shape index (κ1) is 19.9. The number of furan rings is 1. The predicted octanol–water partition coefficient (Wildman–Crippen LogP) is 4.72. The number of ether oxygens (including phenoxy) is 2. The van der Waals surface area contributed by atoms with Gasteiger partial charge in [0, 0.05) is 12.6 Å². The molecule has 1 aromatic carbocycles. The summed E-state index contributed by atoms with van der Waals surface area (Å²) in [6.07, 6.45) is -4.53. The van der Waals surface area contributed by atoms with Crippen LogP contribution in [0.2, 0.25) is 0 Å². The van der Waals surface area contributed by atoms with Gasteiger partial charge < -0.3 is 18.8 Å². The van der Waals surface area contributed by atoms with E-state index in [2.05, 4.69) is 4.98 Å². The van der Waals surface area contributed by atoms with Gasteiger partial charge in [0.1, 0.15) is 29.2 Å². The summed E-state index contributed by atoms with van der Waals surface area (Å²) in [4.78, 5) is 7.01. The molecule has 2 aliphatic heterocycles. The highest BCUT2D eigenvalue weighted by atomic mass is 32.1. The molecule has 0 saturated carbocycles. The molecule has 9 heteroatoms. The van der Waals surface area contributed by atoms with Crippen molar-refractivity contribution < 1.29 is 27.1 Å². The summed E-state index contributed by atoms with van der Waals surface area (Å²) in [5.74, 6) is 0.197. The maximum atomic E-state index is 13.0. The Kier molecular flexibility index (Phi) is 4.47. The Morgan fingerprint density at radius 2 is 1.97 bits per heavy atom. The number of rotatable bonds is 3. The number of hydrogen-bond acceptors (Lipinski definition) is 5. The van der Waals surface area contributed by atoms with E-state index in [1.807, 2.05) is 29.2 Å². The minimum absolute atomic E-state index is 0.101. The van der Waals surface area contributed by atoms with Gasteiger partial charge in [-0.2, -0.15) is 13.2 Å². The number of methoxy groups -OCH3 is 1. The first-order chi connectivity index (χ1) is 14.8. The summed E-state index contributed by atoms with van der Waals surface area (Å²) in [5, 5.41) is 0. The molecule has 0 aliphatic carbocycles. The number of alkyl halides is 3. The van der Waals surface area contributed by atoms with E-state index in [0.29, 0.717) is 28.9 Å². The number of aromatic nitrogens is 1. The maximum Gasteiger partial charge on any atom is 0.449 e. The van der Waals surface area contributed by atoms with Crippen molar-refractivity contribution in [2.45, 2.75) is 24.7 Å². The third kappa shape index (κ3) is 3.06. The van der Waals surface area contributed by atoms with Gasteiger partial charge in [-0.1, -0.05) is 36.5 Å². The number of nitrogens with zero attached hydrogens (tertiary/aromatic N) is 2. The Labute approximate surface area is 181 Å². The van der Waals surface area contributed by atoms with Crippen LogP contribution in [0.3, 0.4) is 0 Å². The second-order valence-corrected chi connectivity index (χ2v) is 7.86. The largest absolute Gasteiger partial charge is 0.490 e. The number of hydrogen-bond donors (Lipinski definition) is 0. The summed E-state index contributed by atoms with van der Waals surface area (Å²) in [6.45, 7) is 0.795. The highest BCUT2D eigenvalue weighted by Gasteiger charge is 2.53. The monoisotopic (exact) mass is 446 g/mol. The van der Waals surface area contributed by atoms with Gasteiger partial charge in [0.15, 0.2) is 0 Å². The Morgan fingerprint density at radius 3 is 2.71 bits per heavy atom. The van der Waals surface area contributed by atoms with Gasteiger partial charge in [-0.3, -0.25) is 0 Å². The van der Waals surface area contributed by atoms with Crippen molar-refractivity contribution in [1.82, 2.24) is 9.88 Å². The van der Waals surface area contributed by atoms with Crippen molar-refractivity contribution in [3.8, 4) is 11.6 Å². The van der Waals surface area contributed by atoms with Gasteiger partial charge in [-0.05, 0) is 29.3 Å². The molecule has 2 aromatic heterocycles. The van der Waals surface area contributed by atoms with Gasteiger partial charge in [-0.15, -0.1) is 0 Å². The zero-order valence-corrected chi connectivity index (χ0v) is 17.2. The standard InChI is InChI=1S/C22H17F3N2O3S/c1-28-18-9-7-16-19(26-18)21(12-29-16)15-5-3-2-4-13(15)10-27(20(21)31)11-14-6-8-17(30-14)22(23,24)25/h2-9H,10-12H2,1H3. The van der Waals surface area contributed by atoms with Crippen molar-refractivity contribution in [1.29, 1.82) is 0 Å². The minimum atomic E-state index is -4.53. The summed E-state index contributed by atoms with van der Waals surface area (Å²) in [5.41, 5.74) is 1.78. The molecule has 0 radical (unpaired) electrons. The van der Waals surface area contributed by atoms with Crippen LogP contribution in [0.5, 0.6) is 11.6 Å². The average Bonchev–Trinajstić information content (AvgIpc) is 3.37. The Morgan fingerprint density at radius 1 is 1.16 bits per heavy atom. The fraction of sp³-hybridized carbons (Fsp3) is 0.273. The molecule has 160 valence electrons. The molecule has 31 heavy (non-hydrogen) atoms. The Hall–Kier alpha value is -3.07. The first-order valence-corrected chi connectivity index (χ1v) is 9.96. The van der Waals surface area contributed by atoms with Gasteiger partial charge in [0.05, 0.1) is 18.6 Å². The molecule has 0 amide bonds. The molecule has 0 N–H and O–H groups in total. The van der Waals surface area contributed by atoms with E-state index in [1.165, 1.54) is 13.2 Å². The predicted molar refractivity (Wildman–Crippen MR) is 109 cm³/mol. The zero-order chi connectivity index (χ0) is 21.8. The summed E-state index contributed by atoms with van der Waals surface area (Å²) < 4.78 is 55.2. The lowest BCUT2D eigenvalue weighted by Crippen LogP contribution is -2.51. The highest BCUT2D eigenvalue weighted by Crippen LogP contribution is 2.48. The van der Waals surface area contributed by atoms with Crippen LogP contribution in [-0.2, 0) is 24.7 Å². The second-order valence-electron chi connectivity index (χ2n) is 7.48. The lowest BCUT2D eigenvalue weighted by molar-refractivity contribution is -0.153. The van der Waals surface area contributed by atoms with Gasteiger partial charge >= 0.3 is 6.18 Å². The molecular formula is C22H17F3N2O3S. The Bertz CT molecular complexity index is 1180. The summed E-state index contributed by atoms with van der Waals surface area (Å²) in [6, 6.07) is 13.6. The van der Waals surface area contributed by atoms with E-state index in [1.54, 1.807) is 12.1 Å². The van der Waals surface area contributed by atoms with E-state index in [9.17, 15) is 13.2 Å². The van der Waals surface area contributed by atoms with Crippen LogP contribution in [0.25, 0.3) is 0 Å². The fourth-order valence-electron chi connectivity index (χ4n) is 4.26. The molecular weight excluding hydrogens is 429 g/mol. The number of benzene rings is 1. The van der Waals surface area contributed by atoms with Crippen LogP contribution in [0.4, 0.5) is 13.2 Å². The van der Waals surface area contributed by atoms with Crippen LogP contribution in [-0.4, -0.2) is 28.6 Å². The van der Waals surface area contributed by atoms with Crippen molar-refractivity contribution in [3.05, 3.63) is 76.9 Å². The molecule has 0 saturated heterocycles. The molecule has 4 heterocycles. The van der Waals surface area contributed by atoms with Gasteiger partial charge in [0.2, 0.25) is 11.6 Å². The smallest absolute Gasteiger partial charge is 0.449 e. The second kappa shape index (κ2) is 6.98. The normalized spacial score (nSPS) is 19.9. The molecule has 1 spiro atoms. The zero-order valence-electron chi connectivity index (χ0n) is 16.4. The number of pyridine rings is 1. The van der Waals surface area contributed by atoms with Crippen molar-refractivity contribution in [2.24, 2.45) is 0 Å².